The molecule has 11 heteroatoms. The smallest absolute Gasteiger partial charge is 0.414 e. The number of carbonyl (C=O) groups excluding carboxylic acids is 3. The quantitative estimate of drug-likeness (QED) is 0.489. The number of cyclic esters (lactones) is 1. The fraction of sp³-hybridized carbons (Fsp3) is 0.500. The number of hydrogen-bond acceptors (Lipinski definition) is 8. The van der Waals surface area contributed by atoms with Gasteiger partial charge >= 0.3 is 12.1 Å². The second-order valence-electron chi connectivity index (χ2n) is 9.63. The topological polar surface area (TPSA) is 113 Å². The minimum atomic E-state index is -0.825. The molecule has 2 saturated heterocycles. The first-order valence-corrected chi connectivity index (χ1v) is 12.4. The van der Waals surface area contributed by atoms with E-state index in [2.05, 4.69) is 10.6 Å². The van der Waals surface area contributed by atoms with Gasteiger partial charge in [0.25, 0.3) is 0 Å². The molecule has 0 saturated carbocycles. The van der Waals surface area contributed by atoms with E-state index in [-0.39, 0.29) is 31.8 Å². The zero-order chi connectivity index (χ0) is 26.6. The molecule has 0 unspecified atom stereocenters. The molecule has 2 aliphatic heterocycles. The van der Waals surface area contributed by atoms with Gasteiger partial charge in [-0.25, -0.2) is 9.18 Å². The summed E-state index contributed by atoms with van der Waals surface area (Å²) in [7, 11) is 0. The lowest BCUT2D eigenvalue weighted by atomic mass is 9.97. The van der Waals surface area contributed by atoms with Crippen LogP contribution < -0.4 is 20.4 Å². The molecule has 37 heavy (non-hydrogen) atoms. The molecule has 200 valence electrons. The lowest BCUT2D eigenvalue weighted by molar-refractivity contribution is -0.143. The van der Waals surface area contributed by atoms with Crippen LogP contribution in [0.1, 0.15) is 45.8 Å². The van der Waals surface area contributed by atoms with Crippen molar-refractivity contribution in [2.75, 3.05) is 36.0 Å². The Hall–Kier alpha value is -3.60. The van der Waals surface area contributed by atoms with Crippen LogP contribution in [-0.2, 0) is 24.6 Å². The van der Waals surface area contributed by atoms with Crippen LogP contribution in [-0.4, -0.2) is 56.5 Å². The number of furan rings is 1. The Labute approximate surface area is 215 Å². The molecule has 2 amide bonds. The van der Waals surface area contributed by atoms with Gasteiger partial charge in [0.05, 0.1) is 36.9 Å². The summed E-state index contributed by atoms with van der Waals surface area (Å²) in [5.74, 6) is -0.479. The number of piperidine rings is 1. The standard InChI is InChI=1S/C26H33FN4O6/c1-17(32)28-14-20-15-31(25(34)37-20)19-9-10-22(21(27)13-19)30-11-5-4-8-24(30)29-26(3,16-36-18(2)33)23-7-6-12-35-23/h6-7,9-10,12-13,20,24,29H,4-5,8,11,14-16H2,1-3H3,(H,28,32)/t20-,24-,26-/m0/s1. The summed E-state index contributed by atoms with van der Waals surface area (Å²) in [4.78, 5) is 38.4. The van der Waals surface area contributed by atoms with Crippen molar-refractivity contribution in [2.45, 2.75) is 57.8 Å². The third-order valence-electron chi connectivity index (χ3n) is 6.62. The van der Waals surface area contributed by atoms with E-state index in [4.69, 9.17) is 13.9 Å². The van der Waals surface area contributed by atoms with Crippen LogP contribution >= 0.6 is 0 Å². The predicted octanol–water partition coefficient (Wildman–Crippen LogP) is 3.26. The number of esters is 1. The normalized spacial score (nSPS) is 21.4. The third-order valence-corrected chi connectivity index (χ3v) is 6.62. The van der Waals surface area contributed by atoms with Gasteiger partial charge in [0.2, 0.25) is 5.91 Å². The van der Waals surface area contributed by atoms with Gasteiger partial charge in [0.1, 0.15) is 29.8 Å². The number of nitrogens with one attached hydrogen (secondary N) is 2. The number of halogens is 1. The summed E-state index contributed by atoms with van der Waals surface area (Å²) in [6.07, 6.45) is 2.81. The van der Waals surface area contributed by atoms with Gasteiger partial charge in [-0.3, -0.25) is 19.8 Å². The predicted molar refractivity (Wildman–Crippen MR) is 134 cm³/mol. The number of amides is 2. The number of carbonyl (C=O) groups is 3. The third kappa shape index (κ3) is 6.22. The van der Waals surface area contributed by atoms with E-state index >= 15 is 4.39 Å². The van der Waals surface area contributed by atoms with Crippen molar-refractivity contribution >= 4 is 29.3 Å². The number of hydrogen-bond donors (Lipinski definition) is 2. The highest BCUT2D eigenvalue weighted by atomic mass is 19.1. The van der Waals surface area contributed by atoms with Crippen LogP contribution in [0.5, 0.6) is 0 Å². The molecule has 3 heterocycles. The first kappa shape index (κ1) is 26.5. The fourth-order valence-corrected chi connectivity index (χ4v) is 4.75. The molecular formula is C26H33FN4O6. The fourth-order valence-electron chi connectivity index (χ4n) is 4.75. The minimum Gasteiger partial charge on any atom is -0.467 e. The molecule has 1 aromatic heterocycles. The lowest BCUT2D eigenvalue weighted by Gasteiger charge is -2.43. The lowest BCUT2D eigenvalue weighted by Crippen LogP contribution is -2.57. The van der Waals surface area contributed by atoms with Crippen molar-refractivity contribution in [3.05, 3.63) is 48.2 Å². The largest absolute Gasteiger partial charge is 0.467 e. The second-order valence-corrected chi connectivity index (χ2v) is 9.63. The molecule has 2 aliphatic rings. The van der Waals surface area contributed by atoms with Crippen molar-refractivity contribution in [3.8, 4) is 0 Å². The Kier molecular flexibility index (Phi) is 8.01. The van der Waals surface area contributed by atoms with E-state index in [1.165, 1.54) is 24.8 Å². The molecule has 1 aromatic carbocycles. The van der Waals surface area contributed by atoms with Crippen LogP contribution in [0.25, 0.3) is 0 Å². The van der Waals surface area contributed by atoms with E-state index in [0.29, 0.717) is 23.7 Å². The van der Waals surface area contributed by atoms with Gasteiger partial charge in [-0.15, -0.1) is 0 Å². The molecule has 0 radical (unpaired) electrons. The Balaban J connectivity index is 1.52. The van der Waals surface area contributed by atoms with Crippen LogP contribution in [0.4, 0.5) is 20.6 Å². The average molecular weight is 517 g/mol. The molecule has 2 aromatic rings. The summed E-state index contributed by atoms with van der Waals surface area (Å²) in [5.41, 5.74) is -0.0420. The molecule has 0 aliphatic carbocycles. The summed E-state index contributed by atoms with van der Waals surface area (Å²) < 4.78 is 31.8. The number of ether oxygens (including phenoxy) is 2. The van der Waals surface area contributed by atoms with E-state index in [9.17, 15) is 14.4 Å². The highest BCUT2D eigenvalue weighted by Gasteiger charge is 2.37. The highest BCUT2D eigenvalue weighted by molar-refractivity contribution is 5.90. The van der Waals surface area contributed by atoms with Crippen molar-refractivity contribution in [1.82, 2.24) is 10.6 Å². The zero-order valence-corrected chi connectivity index (χ0v) is 21.3. The van der Waals surface area contributed by atoms with E-state index in [1.54, 1.807) is 24.5 Å². The average Bonchev–Trinajstić information content (AvgIpc) is 3.53. The van der Waals surface area contributed by atoms with Crippen LogP contribution in [0.2, 0.25) is 0 Å². The molecule has 2 fully saturated rings. The molecular weight excluding hydrogens is 483 g/mol. The van der Waals surface area contributed by atoms with Crippen molar-refractivity contribution in [3.63, 3.8) is 0 Å². The molecule has 4 rings (SSSR count). The van der Waals surface area contributed by atoms with Crippen LogP contribution in [0.15, 0.2) is 41.0 Å². The molecule has 2 N–H and O–H groups in total. The first-order valence-electron chi connectivity index (χ1n) is 12.4. The highest BCUT2D eigenvalue weighted by Crippen LogP contribution is 2.33. The summed E-state index contributed by atoms with van der Waals surface area (Å²) in [6.45, 7) is 5.71. The van der Waals surface area contributed by atoms with Crippen LogP contribution in [0, 0.1) is 5.82 Å². The Morgan fingerprint density at radius 1 is 1.24 bits per heavy atom. The maximum atomic E-state index is 15.5. The molecule has 10 nitrogen and oxygen atoms in total. The first-order chi connectivity index (χ1) is 17.7. The minimum absolute atomic E-state index is 0.0539. The molecule has 0 bridgehead atoms. The van der Waals surface area contributed by atoms with Crippen molar-refractivity contribution in [2.24, 2.45) is 0 Å². The van der Waals surface area contributed by atoms with E-state index in [0.717, 1.165) is 19.3 Å². The second kappa shape index (κ2) is 11.2. The Morgan fingerprint density at radius 2 is 2.05 bits per heavy atom. The number of anilines is 2. The van der Waals surface area contributed by atoms with Crippen molar-refractivity contribution in [1.29, 1.82) is 0 Å². The molecule has 3 atom stereocenters. The molecule has 0 spiro atoms. The van der Waals surface area contributed by atoms with Gasteiger partial charge in [0, 0.05) is 20.4 Å². The summed E-state index contributed by atoms with van der Waals surface area (Å²) in [6, 6.07) is 8.26. The van der Waals surface area contributed by atoms with Gasteiger partial charge in [-0.05, 0) is 56.5 Å². The number of rotatable bonds is 9. The van der Waals surface area contributed by atoms with E-state index in [1.807, 2.05) is 17.9 Å². The van der Waals surface area contributed by atoms with Gasteiger partial charge in [-0.1, -0.05) is 0 Å². The Morgan fingerprint density at radius 3 is 2.73 bits per heavy atom. The Bertz CT molecular complexity index is 1130. The SMILES string of the molecule is CC(=O)NC[C@H]1CN(c2ccc(N3CCCC[C@H]3N[C@@](C)(COC(C)=O)c3ccco3)c(F)c2)C(=O)O1. The maximum Gasteiger partial charge on any atom is 0.414 e. The maximum absolute atomic E-state index is 15.5. The van der Waals surface area contributed by atoms with Gasteiger partial charge < -0.3 is 24.1 Å². The monoisotopic (exact) mass is 516 g/mol. The number of benzene rings is 1. The number of nitrogens with zero attached hydrogens (tertiary/aromatic N) is 2. The zero-order valence-electron chi connectivity index (χ0n) is 21.3. The van der Waals surface area contributed by atoms with Crippen LogP contribution in [0.3, 0.4) is 0 Å². The van der Waals surface area contributed by atoms with Gasteiger partial charge in [-0.2, -0.15) is 0 Å². The van der Waals surface area contributed by atoms with Gasteiger partial charge in [0.15, 0.2) is 0 Å². The summed E-state index contributed by atoms with van der Waals surface area (Å²) in [5, 5.41) is 6.17. The summed E-state index contributed by atoms with van der Waals surface area (Å²) >= 11 is 0. The van der Waals surface area contributed by atoms with Crippen molar-refractivity contribution < 1.29 is 32.7 Å². The van der Waals surface area contributed by atoms with E-state index < -0.39 is 29.5 Å².